The van der Waals surface area contributed by atoms with Crippen molar-refractivity contribution in [1.29, 1.82) is 0 Å². The Balaban J connectivity index is 2.22. The van der Waals surface area contributed by atoms with Crippen molar-refractivity contribution in [1.82, 2.24) is 9.55 Å². The number of benzene rings is 2. The first-order valence-corrected chi connectivity index (χ1v) is 6.54. The largest absolute Gasteiger partial charge is 0.497 e. The fourth-order valence-corrected chi connectivity index (χ4v) is 2.44. The quantitative estimate of drug-likeness (QED) is 0.734. The Labute approximate surface area is 121 Å². The maximum absolute atomic E-state index is 6.09. The molecule has 0 aliphatic rings. The number of halogens is 1. The van der Waals surface area contributed by atoms with Crippen LogP contribution in [0.4, 0.5) is 5.69 Å². The summed E-state index contributed by atoms with van der Waals surface area (Å²) in [6.07, 6.45) is 0. The van der Waals surface area contributed by atoms with E-state index in [0.29, 0.717) is 10.7 Å². The maximum Gasteiger partial charge on any atom is 0.142 e. The molecule has 2 N–H and O–H groups in total. The molecule has 0 saturated carbocycles. The van der Waals surface area contributed by atoms with E-state index >= 15 is 0 Å². The van der Waals surface area contributed by atoms with Crippen LogP contribution in [-0.4, -0.2) is 16.7 Å². The van der Waals surface area contributed by atoms with E-state index in [2.05, 4.69) is 4.98 Å². The molecule has 0 atom stereocenters. The summed E-state index contributed by atoms with van der Waals surface area (Å²) in [6, 6.07) is 11.2. The molecule has 20 heavy (non-hydrogen) atoms. The molecule has 5 heteroatoms. The molecule has 0 radical (unpaired) electrons. The monoisotopic (exact) mass is 287 g/mol. The number of ether oxygens (including phenoxy) is 1. The van der Waals surface area contributed by atoms with Crippen LogP contribution in [0.2, 0.25) is 5.02 Å². The van der Waals surface area contributed by atoms with Gasteiger partial charge in [0.15, 0.2) is 0 Å². The van der Waals surface area contributed by atoms with Crippen LogP contribution in [0, 0.1) is 0 Å². The number of fused-ring (bicyclic) bond motifs is 1. The molecule has 0 unspecified atom stereocenters. The van der Waals surface area contributed by atoms with Crippen molar-refractivity contribution in [2.24, 2.45) is 7.05 Å². The van der Waals surface area contributed by atoms with Crippen LogP contribution in [0.15, 0.2) is 36.4 Å². The van der Waals surface area contributed by atoms with Gasteiger partial charge >= 0.3 is 0 Å². The summed E-state index contributed by atoms with van der Waals surface area (Å²) in [5.74, 6) is 1.54. The Kier molecular flexibility index (Phi) is 3.03. The molecule has 4 nitrogen and oxygen atoms in total. The number of aryl methyl sites for hydroxylation is 1. The van der Waals surface area contributed by atoms with E-state index in [1.165, 1.54) is 0 Å². The molecule has 0 fully saturated rings. The second-order valence-electron chi connectivity index (χ2n) is 4.58. The van der Waals surface area contributed by atoms with Crippen LogP contribution >= 0.6 is 11.6 Å². The lowest BCUT2D eigenvalue weighted by Gasteiger charge is -2.08. The molecule has 3 rings (SSSR count). The maximum atomic E-state index is 6.09. The van der Waals surface area contributed by atoms with Crippen molar-refractivity contribution in [3.63, 3.8) is 0 Å². The molecule has 102 valence electrons. The third-order valence-electron chi connectivity index (χ3n) is 3.34. The molecule has 0 spiro atoms. The second kappa shape index (κ2) is 4.72. The van der Waals surface area contributed by atoms with E-state index in [1.807, 2.05) is 41.9 Å². The Morgan fingerprint density at radius 3 is 2.70 bits per heavy atom. The summed E-state index contributed by atoms with van der Waals surface area (Å²) in [5, 5.41) is 0.690. The minimum absolute atomic E-state index is 0.633. The van der Waals surface area contributed by atoms with Crippen molar-refractivity contribution in [2.45, 2.75) is 0 Å². The molecule has 3 aromatic rings. The lowest BCUT2D eigenvalue weighted by Crippen LogP contribution is -1.97. The average Bonchev–Trinajstić information content (AvgIpc) is 2.76. The molecule has 1 heterocycles. The zero-order chi connectivity index (χ0) is 14.3. The number of nitrogens with two attached hydrogens (primary N) is 1. The summed E-state index contributed by atoms with van der Waals surface area (Å²) < 4.78 is 7.15. The van der Waals surface area contributed by atoms with Gasteiger partial charge in [0.05, 0.1) is 18.1 Å². The minimum Gasteiger partial charge on any atom is -0.497 e. The summed E-state index contributed by atoms with van der Waals surface area (Å²) in [7, 11) is 3.57. The lowest BCUT2D eigenvalue weighted by atomic mass is 10.1. The molecular formula is C15H14ClN3O. The van der Waals surface area contributed by atoms with Crippen LogP contribution in [0.25, 0.3) is 22.4 Å². The molecule has 2 aromatic carbocycles. The zero-order valence-electron chi connectivity index (χ0n) is 11.2. The van der Waals surface area contributed by atoms with Crippen LogP contribution in [0.3, 0.4) is 0 Å². The Hall–Kier alpha value is -2.20. The van der Waals surface area contributed by atoms with Crippen molar-refractivity contribution in [3.05, 3.63) is 41.4 Å². The number of nitrogen functional groups attached to an aromatic ring is 1. The number of rotatable bonds is 2. The van der Waals surface area contributed by atoms with Crippen molar-refractivity contribution >= 4 is 28.3 Å². The van der Waals surface area contributed by atoms with Gasteiger partial charge in [-0.15, -0.1) is 0 Å². The normalized spacial score (nSPS) is 10.9. The number of nitrogens with zero attached hydrogens (tertiary/aromatic N) is 2. The molecule has 0 amide bonds. The van der Waals surface area contributed by atoms with Crippen molar-refractivity contribution in [3.8, 4) is 17.1 Å². The van der Waals surface area contributed by atoms with E-state index < -0.39 is 0 Å². The van der Waals surface area contributed by atoms with Crippen molar-refractivity contribution < 1.29 is 4.74 Å². The number of methoxy groups -OCH3 is 1. The highest BCUT2D eigenvalue weighted by Gasteiger charge is 2.13. The average molecular weight is 288 g/mol. The molecule has 0 aliphatic heterocycles. The first-order valence-electron chi connectivity index (χ1n) is 6.16. The summed E-state index contributed by atoms with van der Waals surface area (Å²) in [6.45, 7) is 0. The van der Waals surface area contributed by atoms with E-state index in [1.54, 1.807) is 13.2 Å². The highest BCUT2D eigenvalue weighted by atomic mass is 35.5. The minimum atomic E-state index is 0.633. The highest BCUT2D eigenvalue weighted by Crippen LogP contribution is 2.31. The van der Waals surface area contributed by atoms with Crippen LogP contribution in [0.5, 0.6) is 5.75 Å². The lowest BCUT2D eigenvalue weighted by molar-refractivity contribution is 0.415. The molecular weight excluding hydrogens is 274 g/mol. The van der Waals surface area contributed by atoms with Gasteiger partial charge in [-0.2, -0.15) is 0 Å². The first kappa shape index (κ1) is 12.8. The van der Waals surface area contributed by atoms with E-state index in [4.69, 9.17) is 22.1 Å². The van der Waals surface area contributed by atoms with Gasteiger partial charge in [-0.1, -0.05) is 11.6 Å². The van der Waals surface area contributed by atoms with E-state index in [0.717, 1.165) is 28.2 Å². The molecule has 0 bridgehead atoms. The van der Waals surface area contributed by atoms with Crippen molar-refractivity contribution in [2.75, 3.05) is 12.8 Å². The number of aromatic nitrogens is 2. The predicted octanol–water partition coefficient (Wildman–Crippen LogP) is 3.48. The SMILES string of the molecule is COc1ccc(-c2nc3ccc(Cl)cc3n2C)c(N)c1. The third kappa shape index (κ3) is 1.98. The molecule has 0 saturated heterocycles. The van der Waals surface area contributed by atoms with Crippen LogP contribution in [-0.2, 0) is 7.05 Å². The number of hydrogen-bond acceptors (Lipinski definition) is 3. The van der Waals surface area contributed by atoms with Crippen LogP contribution < -0.4 is 10.5 Å². The van der Waals surface area contributed by atoms with Gasteiger partial charge in [0, 0.05) is 29.4 Å². The van der Waals surface area contributed by atoms with Gasteiger partial charge in [0.25, 0.3) is 0 Å². The van der Waals surface area contributed by atoms with E-state index in [9.17, 15) is 0 Å². The molecule has 1 aromatic heterocycles. The van der Waals surface area contributed by atoms with Gasteiger partial charge in [0.1, 0.15) is 11.6 Å². The molecule has 0 aliphatic carbocycles. The Morgan fingerprint density at radius 1 is 1.20 bits per heavy atom. The van der Waals surface area contributed by atoms with E-state index in [-0.39, 0.29) is 0 Å². The summed E-state index contributed by atoms with van der Waals surface area (Å²) in [4.78, 5) is 4.62. The number of imidazole rings is 1. The third-order valence-corrected chi connectivity index (χ3v) is 3.58. The van der Waals surface area contributed by atoms with Gasteiger partial charge in [0.2, 0.25) is 0 Å². The second-order valence-corrected chi connectivity index (χ2v) is 5.02. The van der Waals surface area contributed by atoms with Crippen LogP contribution in [0.1, 0.15) is 0 Å². The first-order chi connectivity index (χ1) is 9.60. The number of anilines is 1. The van der Waals surface area contributed by atoms with Gasteiger partial charge < -0.3 is 15.0 Å². The zero-order valence-corrected chi connectivity index (χ0v) is 12.0. The Morgan fingerprint density at radius 2 is 2.00 bits per heavy atom. The summed E-state index contributed by atoms with van der Waals surface area (Å²) in [5.41, 5.74) is 9.46. The topological polar surface area (TPSA) is 53.1 Å². The number of hydrogen-bond donors (Lipinski definition) is 1. The summed E-state index contributed by atoms with van der Waals surface area (Å²) >= 11 is 6.03. The Bertz CT molecular complexity index is 795. The smallest absolute Gasteiger partial charge is 0.142 e. The van der Waals surface area contributed by atoms with Gasteiger partial charge in [-0.05, 0) is 30.3 Å². The highest BCUT2D eigenvalue weighted by molar-refractivity contribution is 6.31. The predicted molar refractivity (Wildman–Crippen MR) is 82.1 cm³/mol. The van der Waals surface area contributed by atoms with Gasteiger partial charge in [-0.25, -0.2) is 4.98 Å². The standard InChI is InChI=1S/C15H14ClN3O/c1-19-14-7-9(16)3-6-13(14)18-15(19)11-5-4-10(20-2)8-12(11)17/h3-8H,17H2,1-2H3. The fourth-order valence-electron chi connectivity index (χ4n) is 2.28. The van der Waals surface area contributed by atoms with Gasteiger partial charge in [-0.3, -0.25) is 0 Å². The fraction of sp³-hybridized carbons (Fsp3) is 0.133.